The molecule has 1 amide bonds. The summed E-state index contributed by atoms with van der Waals surface area (Å²) in [5.41, 5.74) is 5.63. The number of aromatic nitrogens is 3. The molecular formula is C14H13N5OS. The number of carbonyl (C=O) groups is 1. The molecule has 0 bridgehead atoms. The number of thiazole rings is 1. The van der Waals surface area contributed by atoms with E-state index in [2.05, 4.69) is 20.5 Å². The fraction of sp³-hybridized carbons (Fsp3) is 0.143. The molecule has 0 saturated heterocycles. The van der Waals surface area contributed by atoms with E-state index in [4.69, 9.17) is 0 Å². The number of imidazole rings is 1. The van der Waals surface area contributed by atoms with Gasteiger partial charge in [-0.15, -0.1) is 11.3 Å². The highest BCUT2D eigenvalue weighted by Crippen LogP contribution is 2.19. The zero-order chi connectivity index (χ0) is 14.8. The van der Waals surface area contributed by atoms with Gasteiger partial charge in [-0.25, -0.2) is 10.4 Å². The Bertz CT molecular complexity index is 819. The van der Waals surface area contributed by atoms with Crippen molar-refractivity contribution < 1.29 is 4.79 Å². The smallest absolute Gasteiger partial charge is 0.286 e. The van der Waals surface area contributed by atoms with E-state index < -0.39 is 0 Å². The predicted molar refractivity (Wildman–Crippen MR) is 81.8 cm³/mol. The van der Waals surface area contributed by atoms with Crippen molar-refractivity contribution in [1.82, 2.24) is 19.8 Å². The minimum absolute atomic E-state index is 0.330. The van der Waals surface area contributed by atoms with Crippen LogP contribution in [0.15, 0.2) is 34.9 Å². The number of fused-ring (bicyclic) bond motifs is 1. The minimum atomic E-state index is -0.340. The summed E-state index contributed by atoms with van der Waals surface area (Å²) < 4.78 is 2.01. The van der Waals surface area contributed by atoms with Gasteiger partial charge in [0.15, 0.2) is 4.96 Å². The van der Waals surface area contributed by atoms with Gasteiger partial charge < -0.3 is 0 Å². The highest BCUT2D eigenvalue weighted by Gasteiger charge is 2.10. The van der Waals surface area contributed by atoms with Gasteiger partial charge in [0, 0.05) is 17.3 Å². The second-order valence-electron chi connectivity index (χ2n) is 4.49. The Hall–Kier alpha value is -2.54. The van der Waals surface area contributed by atoms with Crippen LogP contribution in [0.25, 0.3) is 4.96 Å². The van der Waals surface area contributed by atoms with Crippen LogP contribution in [0.2, 0.25) is 0 Å². The third kappa shape index (κ3) is 2.55. The third-order valence-corrected chi connectivity index (χ3v) is 3.95. The van der Waals surface area contributed by atoms with Crippen molar-refractivity contribution in [3.8, 4) is 0 Å². The van der Waals surface area contributed by atoms with Crippen molar-refractivity contribution in [2.24, 2.45) is 5.10 Å². The Kier molecular flexibility index (Phi) is 3.49. The summed E-state index contributed by atoms with van der Waals surface area (Å²) in [6.07, 6.45) is 3.17. The second kappa shape index (κ2) is 5.45. The van der Waals surface area contributed by atoms with Crippen LogP contribution in [0.5, 0.6) is 0 Å². The number of hydrogen-bond acceptors (Lipinski definition) is 5. The number of amides is 1. The first kappa shape index (κ1) is 13.4. The summed E-state index contributed by atoms with van der Waals surface area (Å²) in [5.74, 6) is -0.340. The molecule has 0 aliphatic heterocycles. The molecule has 6 nitrogen and oxygen atoms in total. The SMILES string of the molecule is Cc1nc2scc(C)n2c1/C=N\NC(=O)c1ccccn1. The summed E-state index contributed by atoms with van der Waals surface area (Å²) >= 11 is 1.58. The Morgan fingerprint density at radius 3 is 3.05 bits per heavy atom. The van der Waals surface area contributed by atoms with Gasteiger partial charge in [-0.2, -0.15) is 5.10 Å². The van der Waals surface area contributed by atoms with E-state index in [1.54, 1.807) is 41.9 Å². The van der Waals surface area contributed by atoms with Crippen LogP contribution >= 0.6 is 11.3 Å². The molecule has 3 rings (SSSR count). The quantitative estimate of drug-likeness (QED) is 0.595. The molecule has 3 aromatic rings. The molecule has 1 N–H and O–H groups in total. The summed E-state index contributed by atoms with van der Waals surface area (Å²) in [7, 11) is 0. The molecule has 0 aliphatic carbocycles. The van der Waals surface area contributed by atoms with Gasteiger partial charge in [-0.1, -0.05) is 6.07 Å². The number of aryl methyl sites for hydroxylation is 2. The fourth-order valence-electron chi connectivity index (χ4n) is 1.98. The summed E-state index contributed by atoms with van der Waals surface area (Å²) in [6.45, 7) is 3.93. The van der Waals surface area contributed by atoms with Crippen LogP contribution in [0, 0.1) is 13.8 Å². The number of pyridine rings is 1. The highest BCUT2D eigenvalue weighted by molar-refractivity contribution is 7.15. The van der Waals surface area contributed by atoms with Gasteiger partial charge in [-0.05, 0) is 26.0 Å². The molecule has 3 heterocycles. The van der Waals surface area contributed by atoms with Crippen LogP contribution in [-0.2, 0) is 0 Å². The maximum Gasteiger partial charge on any atom is 0.289 e. The Morgan fingerprint density at radius 2 is 2.29 bits per heavy atom. The maximum atomic E-state index is 11.8. The van der Waals surface area contributed by atoms with E-state index >= 15 is 0 Å². The maximum absolute atomic E-state index is 11.8. The average Bonchev–Trinajstić information content (AvgIpc) is 3.00. The van der Waals surface area contributed by atoms with E-state index in [9.17, 15) is 4.79 Å². The van der Waals surface area contributed by atoms with E-state index in [0.29, 0.717) is 5.69 Å². The molecule has 0 atom stereocenters. The van der Waals surface area contributed by atoms with E-state index in [1.807, 2.05) is 23.6 Å². The highest BCUT2D eigenvalue weighted by atomic mass is 32.1. The number of nitrogens with one attached hydrogen (secondary N) is 1. The van der Waals surface area contributed by atoms with Gasteiger partial charge in [0.2, 0.25) is 0 Å². The van der Waals surface area contributed by atoms with Crippen molar-refractivity contribution in [3.63, 3.8) is 0 Å². The monoisotopic (exact) mass is 299 g/mol. The molecule has 106 valence electrons. The normalized spacial score (nSPS) is 11.3. The molecule has 0 spiro atoms. The summed E-state index contributed by atoms with van der Waals surface area (Å²) in [6, 6.07) is 5.15. The van der Waals surface area contributed by atoms with Gasteiger partial charge in [-0.3, -0.25) is 14.2 Å². The zero-order valence-corrected chi connectivity index (χ0v) is 12.4. The lowest BCUT2D eigenvalue weighted by Crippen LogP contribution is -2.18. The van der Waals surface area contributed by atoms with Gasteiger partial charge >= 0.3 is 0 Å². The average molecular weight is 299 g/mol. The molecule has 0 unspecified atom stereocenters. The molecule has 0 fully saturated rings. The Morgan fingerprint density at radius 1 is 1.43 bits per heavy atom. The van der Waals surface area contributed by atoms with Crippen LogP contribution in [0.1, 0.15) is 27.6 Å². The van der Waals surface area contributed by atoms with E-state index in [-0.39, 0.29) is 5.91 Å². The van der Waals surface area contributed by atoms with Crippen LogP contribution < -0.4 is 5.43 Å². The van der Waals surface area contributed by atoms with E-state index in [1.165, 1.54) is 0 Å². The standard InChI is InChI=1S/C14H13N5OS/c1-9-8-21-14-17-10(2)12(19(9)14)7-16-18-13(20)11-5-3-4-6-15-11/h3-8H,1-2H3,(H,18,20)/b16-7-. The molecule has 3 aromatic heterocycles. The number of nitrogens with zero attached hydrogens (tertiary/aromatic N) is 4. The Labute approximate surface area is 125 Å². The fourth-order valence-corrected chi connectivity index (χ4v) is 2.90. The van der Waals surface area contributed by atoms with Crippen LogP contribution in [0.4, 0.5) is 0 Å². The number of carbonyl (C=O) groups excluding carboxylic acids is 1. The Balaban J connectivity index is 1.81. The summed E-state index contributed by atoms with van der Waals surface area (Å²) in [4.78, 5) is 21.2. The first-order chi connectivity index (χ1) is 10.2. The molecule has 0 radical (unpaired) electrons. The lowest BCUT2D eigenvalue weighted by atomic mass is 10.3. The molecule has 7 heteroatoms. The van der Waals surface area contributed by atoms with Crippen molar-refractivity contribution in [3.05, 3.63) is 52.6 Å². The third-order valence-electron chi connectivity index (χ3n) is 3.00. The molecule has 0 aromatic carbocycles. The van der Waals surface area contributed by atoms with Gasteiger partial charge in [0.05, 0.1) is 17.6 Å². The van der Waals surface area contributed by atoms with Gasteiger partial charge in [0.1, 0.15) is 5.69 Å². The molecule has 21 heavy (non-hydrogen) atoms. The van der Waals surface area contributed by atoms with Crippen molar-refractivity contribution in [2.75, 3.05) is 0 Å². The lowest BCUT2D eigenvalue weighted by molar-refractivity contribution is 0.0950. The van der Waals surface area contributed by atoms with Crippen LogP contribution in [0.3, 0.4) is 0 Å². The van der Waals surface area contributed by atoms with Gasteiger partial charge in [0.25, 0.3) is 5.91 Å². The number of hydrazone groups is 1. The van der Waals surface area contributed by atoms with Crippen molar-refractivity contribution in [2.45, 2.75) is 13.8 Å². The predicted octanol–water partition coefficient (Wildman–Crippen LogP) is 2.17. The largest absolute Gasteiger partial charge is 0.289 e. The van der Waals surface area contributed by atoms with Crippen molar-refractivity contribution >= 4 is 28.4 Å². The second-order valence-corrected chi connectivity index (χ2v) is 5.33. The first-order valence-corrected chi connectivity index (χ1v) is 7.22. The zero-order valence-electron chi connectivity index (χ0n) is 11.6. The molecular weight excluding hydrogens is 286 g/mol. The summed E-state index contributed by atoms with van der Waals surface area (Å²) in [5, 5.41) is 6.03. The minimum Gasteiger partial charge on any atom is -0.286 e. The number of hydrogen-bond donors (Lipinski definition) is 1. The topological polar surface area (TPSA) is 71.7 Å². The number of rotatable bonds is 3. The molecule has 0 aliphatic rings. The first-order valence-electron chi connectivity index (χ1n) is 6.34. The van der Waals surface area contributed by atoms with Crippen molar-refractivity contribution in [1.29, 1.82) is 0 Å². The molecule has 0 saturated carbocycles. The van der Waals surface area contributed by atoms with E-state index in [0.717, 1.165) is 22.0 Å². The lowest BCUT2D eigenvalue weighted by Gasteiger charge is -1.99. The van der Waals surface area contributed by atoms with Crippen LogP contribution in [-0.4, -0.2) is 26.5 Å².